The van der Waals surface area contributed by atoms with Gasteiger partial charge >= 0.3 is 0 Å². The van der Waals surface area contributed by atoms with Crippen LogP contribution in [0, 0.1) is 0 Å². The van der Waals surface area contributed by atoms with Gasteiger partial charge in [-0.15, -0.1) is 11.6 Å². The topological polar surface area (TPSA) is 29.1 Å². The lowest BCUT2D eigenvalue weighted by atomic mass is 10.0. The normalized spacial score (nSPS) is 11.1. The quantitative estimate of drug-likeness (QED) is 0.785. The average Bonchev–Trinajstić information content (AvgIpc) is 2.18. The fourth-order valence-electron chi connectivity index (χ4n) is 1.27. The summed E-state index contributed by atoms with van der Waals surface area (Å²) in [5, 5.41) is 2.95. The summed E-state index contributed by atoms with van der Waals surface area (Å²) in [5.74, 6) is 0.493. The van der Waals surface area contributed by atoms with E-state index >= 15 is 0 Å². The first-order valence-electron chi connectivity index (χ1n) is 4.99. The standard InChI is InChI=1S/C12H16ClNO/c1-12(2,8-9-13)14-11(15)10-6-4-3-5-7-10/h3-7H,8-9H2,1-2H3,(H,14,15). The monoisotopic (exact) mass is 225 g/mol. The molecule has 1 aromatic rings. The molecule has 3 heteroatoms. The number of hydrogen-bond donors (Lipinski definition) is 1. The van der Waals surface area contributed by atoms with Gasteiger partial charge in [-0.3, -0.25) is 4.79 Å². The molecule has 1 N–H and O–H groups in total. The zero-order valence-corrected chi connectivity index (χ0v) is 9.84. The van der Waals surface area contributed by atoms with Gasteiger partial charge in [0.05, 0.1) is 0 Å². The van der Waals surface area contributed by atoms with Crippen molar-refractivity contribution in [2.45, 2.75) is 25.8 Å². The molecular formula is C12H16ClNO. The summed E-state index contributed by atoms with van der Waals surface area (Å²) in [6.45, 7) is 3.94. The predicted molar refractivity (Wildman–Crippen MR) is 63.3 cm³/mol. The Kier molecular flexibility index (Phi) is 4.15. The highest BCUT2D eigenvalue weighted by atomic mass is 35.5. The van der Waals surface area contributed by atoms with Gasteiger partial charge in [-0.25, -0.2) is 0 Å². The lowest BCUT2D eigenvalue weighted by molar-refractivity contribution is 0.0911. The molecule has 0 heterocycles. The van der Waals surface area contributed by atoms with Crippen LogP contribution in [0.15, 0.2) is 30.3 Å². The number of nitrogens with one attached hydrogen (secondary N) is 1. The molecule has 0 fully saturated rings. The van der Waals surface area contributed by atoms with Crippen molar-refractivity contribution in [1.29, 1.82) is 0 Å². The van der Waals surface area contributed by atoms with E-state index in [1.807, 2.05) is 32.0 Å². The summed E-state index contributed by atoms with van der Waals surface area (Å²) in [5.41, 5.74) is 0.425. The third kappa shape index (κ3) is 3.92. The van der Waals surface area contributed by atoms with Crippen molar-refractivity contribution in [3.8, 4) is 0 Å². The summed E-state index contributed by atoms with van der Waals surface area (Å²) in [4.78, 5) is 11.8. The first-order valence-corrected chi connectivity index (χ1v) is 5.52. The Hall–Kier alpha value is -1.02. The molecule has 1 rings (SSSR count). The van der Waals surface area contributed by atoms with E-state index in [0.717, 1.165) is 6.42 Å². The van der Waals surface area contributed by atoms with E-state index in [2.05, 4.69) is 5.32 Å². The van der Waals surface area contributed by atoms with Crippen molar-refractivity contribution in [3.05, 3.63) is 35.9 Å². The number of rotatable bonds is 4. The van der Waals surface area contributed by atoms with Crippen LogP contribution in [0.4, 0.5) is 0 Å². The Labute approximate surface area is 95.6 Å². The summed E-state index contributed by atoms with van der Waals surface area (Å²) in [7, 11) is 0. The third-order valence-corrected chi connectivity index (χ3v) is 2.40. The van der Waals surface area contributed by atoms with Crippen LogP contribution >= 0.6 is 11.6 Å². The molecule has 82 valence electrons. The Morgan fingerprint density at radius 3 is 2.47 bits per heavy atom. The number of benzene rings is 1. The lowest BCUT2D eigenvalue weighted by Gasteiger charge is -2.25. The van der Waals surface area contributed by atoms with E-state index in [1.165, 1.54) is 0 Å². The van der Waals surface area contributed by atoms with Crippen molar-refractivity contribution < 1.29 is 4.79 Å². The van der Waals surface area contributed by atoms with Crippen molar-refractivity contribution >= 4 is 17.5 Å². The van der Waals surface area contributed by atoms with E-state index in [4.69, 9.17) is 11.6 Å². The van der Waals surface area contributed by atoms with Gasteiger partial charge < -0.3 is 5.32 Å². The number of alkyl halides is 1. The third-order valence-electron chi connectivity index (χ3n) is 2.21. The summed E-state index contributed by atoms with van der Waals surface area (Å²) < 4.78 is 0. The van der Waals surface area contributed by atoms with Crippen LogP contribution < -0.4 is 5.32 Å². The molecule has 1 amide bonds. The lowest BCUT2D eigenvalue weighted by Crippen LogP contribution is -2.43. The second-order valence-corrected chi connectivity index (χ2v) is 4.52. The second kappa shape index (κ2) is 5.17. The van der Waals surface area contributed by atoms with Crippen molar-refractivity contribution in [1.82, 2.24) is 5.32 Å². The van der Waals surface area contributed by atoms with E-state index in [-0.39, 0.29) is 11.4 Å². The first-order chi connectivity index (χ1) is 7.05. The van der Waals surface area contributed by atoms with E-state index in [9.17, 15) is 4.79 Å². The highest BCUT2D eigenvalue weighted by Crippen LogP contribution is 2.10. The molecule has 0 spiro atoms. The van der Waals surface area contributed by atoms with Crippen molar-refractivity contribution in [2.75, 3.05) is 5.88 Å². The highest BCUT2D eigenvalue weighted by Gasteiger charge is 2.19. The minimum absolute atomic E-state index is 0.0503. The van der Waals surface area contributed by atoms with Gasteiger partial charge in [0.2, 0.25) is 0 Å². The van der Waals surface area contributed by atoms with Crippen molar-refractivity contribution in [3.63, 3.8) is 0 Å². The van der Waals surface area contributed by atoms with Gasteiger partial charge in [0.15, 0.2) is 0 Å². The van der Waals surface area contributed by atoms with Crippen LogP contribution in [-0.4, -0.2) is 17.3 Å². The fraction of sp³-hybridized carbons (Fsp3) is 0.417. The average molecular weight is 226 g/mol. The highest BCUT2D eigenvalue weighted by molar-refractivity contribution is 6.17. The number of hydrogen-bond acceptors (Lipinski definition) is 1. The maximum atomic E-state index is 11.8. The number of carbonyl (C=O) groups excluding carboxylic acids is 1. The largest absolute Gasteiger partial charge is 0.347 e. The molecule has 0 radical (unpaired) electrons. The second-order valence-electron chi connectivity index (χ2n) is 4.14. The smallest absolute Gasteiger partial charge is 0.251 e. The molecule has 0 aliphatic rings. The molecule has 0 atom stereocenters. The molecule has 0 bridgehead atoms. The molecular weight excluding hydrogens is 210 g/mol. The van der Waals surface area contributed by atoms with Gasteiger partial charge in [0.25, 0.3) is 5.91 Å². The first kappa shape index (κ1) is 12.1. The zero-order chi connectivity index (χ0) is 11.3. The fourth-order valence-corrected chi connectivity index (χ4v) is 1.74. The Bertz CT molecular complexity index is 322. The van der Waals surface area contributed by atoms with Gasteiger partial charge in [-0.1, -0.05) is 18.2 Å². The molecule has 15 heavy (non-hydrogen) atoms. The minimum Gasteiger partial charge on any atom is -0.347 e. The Balaban J connectivity index is 2.64. The van der Waals surface area contributed by atoms with Crippen LogP contribution in [0.5, 0.6) is 0 Å². The van der Waals surface area contributed by atoms with Gasteiger partial charge in [-0.2, -0.15) is 0 Å². The molecule has 0 aromatic heterocycles. The molecule has 1 aromatic carbocycles. The Morgan fingerprint density at radius 1 is 1.33 bits per heavy atom. The zero-order valence-electron chi connectivity index (χ0n) is 9.09. The van der Waals surface area contributed by atoms with Crippen molar-refractivity contribution in [2.24, 2.45) is 0 Å². The number of carbonyl (C=O) groups is 1. The van der Waals surface area contributed by atoms with Gasteiger partial charge in [0, 0.05) is 17.0 Å². The summed E-state index contributed by atoms with van der Waals surface area (Å²) in [6, 6.07) is 9.19. The van der Waals surface area contributed by atoms with E-state index in [1.54, 1.807) is 12.1 Å². The van der Waals surface area contributed by atoms with Crippen LogP contribution in [0.1, 0.15) is 30.6 Å². The van der Waals surface area contributed by atoms with E-state index in [0.29, 0.717) is 11.4 Å². The SMILES string of the molecule is CC(C)(CCCl)NC(=O)c1ccccc1. The van der Waals surface area contributed by atoms with Crippen LogP contribution in [0.3, 0.4) is 0 Å². The van der Waals surface area contributed by atoms with Gasteiger partial charge in [0.1, 0.15) is 0 Å². The number of amides is 1. The maximum Gasteiger partial charge on any atom is 0.251 e. The Morgan fingerprint density at radius 2 is 1.93 bits per heavy atom. The minimum atomic E-state index is -0.255. The van der Waals surface area contributed by atoms with E-state index < -0.39 is 0 Å². The molecule has 2 nitrogen and oxygen atoms in total. The maximum absolute atomic E-state index is 11.8. The van der Waals surface area contributed by atoms with Crippen LogP contribution in [-0.2, 0) is 0 Å². The summed E-state index contributed by atoms with van der Waals surface area (Å²) in [6.07, 6.45) is 0.757. The molecule has 0 aliphatic heterocycles. The van der Waals surface area contributed by atoms with Crippen LogP contribution in [0.25, 0.3) is 0 Å². The molecule has 0 aliphatic carbocycles. The predicted octanol–water partition coefficient (Wildman–Crippen LogP) is 2.82. The van der Waals surface area contributed by atoms with Gasteiger partial charge in [-0.05, 0) is 32.4 Å². The van der Waals surface area contributed by atoms with Crippen LogP contribution in [0.2, 0.25) is 0 Å². The molecule has 0 saturated heterocycles. The number of halogens is 1. The molecule has 0 saturated carbocycles. The summed E-state index contributed by atoms with van der Waals surface area (Å²) >= 11 is 5.66. The molecule has 0 unspecified atom stereocenters.